The second-order valence-corrected chi connectivity index (χ2v) is 6.79. The molecule has 0 saturated heterocycles. The van der Waals surface area contributed by atoms with Gasteiger partial charge in [0.05, 0.1) is 6.61 Å². The van der Waals surface area contributed by atoms with Gasteiger partial charge in [0.2, 0.25) is 0 Å². The molecule has 7 heteroatoms. The smallest absolute Gasteiger partial charge is 0.407 e. The molecule has 0 fully saturated rings. The minimum atomic E-state index is -0.636. The van der Waals surface area contributed by atoms with Crippen LogP contribution in [0.2, 0.25) is 0 Å². The van der Waals surface area contributed by atoms with Crippen LogP contribution >= 0.6 is 0 Å². The number of nitrogens with one attached hydrogen (secondary N) is 3. The summed E-state index contributed by atoms with van der Waals surface area (Å²) in [7, 11) is 0. The summed E-state index contributed by atoms with van der Waals surface area (Å²) in [6.45, 7) is 12.8. The standard InChI is InChI=1S/C16H29N3O4/c1-8-22-13(20)12(11(2)9-17)19-16(6,7)10-18-14(21)23-15(3,4)5/h9,17,19H,8,10H2,1-7H3,(H,18,21)/b12-11-,17-9?. The largest absolute Gasteiger partial charge is 0.461 e. The Morgan fingerprint density at radius 1 is 1.17 bits per heavy atom. The van der Waals surface area contributed by atoms with Crippen LogP contribution in [0.15, 0.2) is 11.3 Å². The van der Waals surface area contributed by atoms with E-state index in [0.29, 0.717) is 5.57 Å². The van der Waals surface area contributed by atoms with E-state index in [1.807, 2.05) is 13.8 Å². The van der Waals surface area contributed by atoms with E-state index < -0.39 is 23.2 Å². The van der Waals surface area contributed by atoms with Gasteiger partial charge in [-0.2, -0.15) is 0 Å². The zero-order chi connectivity index (χ0) is 18.3. The Bertz CT molecular complexity index is 476. The third-order valence-corrected chi connectivity index (χ3v) is 2.63. The molecule has 0 aliphatic heterocycles. The maximum Gasteiger partial charge on any atom is 0.407 e. The molecule has 0 spiro atoms. The summed E-state index contributed by atoms with van der Waals surface area (Å²) in [5.41, 5.74) is -0.552. The van der Waals surface area contributed by atoms with Gasteiger partial charge in [-0.25, -0.2) is 9.59 Å². The van der Waals surface area contributed by atoms with E-state index in [1.54, 1.807) is 34.6 Å². The molecule has 23 heavy (non-hydrogen) atoms. The van der Waals surface area contributed by atoms with Gasteiger partial charge in [-0.15, -0.1) is 0 Å². The highest BCUT2D eigenvalue weighted by molar-refractivity contribution is 5.95. The molecule has 0 aromatic heterocycles. The average Bonchev–Trinajstić information content (AvgIpc) is 2.40. The van der Waals surface area contributed by atoms with Gasteiger partial charge < -0.3 is 25.5 Å². The fourth-order valence-electron chi connectivity index (χ4n) is 1.58. The van der Waals surface area contributed by atoms with Crippen molar-refractivity contribution in [3.8, 4) is 0 Å². The number of hydrogen-bond acceptors (Lipinski definition) is 6. The molecule has 0 aliphatic rings. The monoisotopic (exact) mass is 327 g/mol. The van der Waals surface area contributed by atoms with Crippen LogP contribution in [0.25, 0.3) is 0 Å². The molecule has 0 unspecified atom stereocenters. The number of alkyl carbamates (subject to hydrolysis) is 1. The zero-order valence-electron chi connectivity index (χ0n) is 15.1. The van der Waals surface area contributed by atoms with Gasteiger partial charge >= 0.3 is 12.1 Å². The minimum Gasteiger partial charge on any atom is -0.461 e. The van der Waals surface area contributed by atoms with Gasteiger partial charge in [-0.05, 0) is 54.0 Å². The Morgan fingerprint density at radius 2 is 1.74 bits per heavy atom. The summed E-state index contributed by atoms with van der Waals surface area (Å²) in [6, 6.07) is 0. The number of carbonyl (C=O) groups is 2. The molecule has 0 aliphatic carbocycles. The number of ether oxygens (including phenoxy) is 2. The first-order valence-electron chi connectivity index (χ1n) is 7.55. The van der Waals surface area contributed by atoms with Crippen molar-refractivity contribution in [1.82, 2.24) is 10.6 Å². The summed E-state index contributed by atoms with van der Waals surface area (Å²) >= 11 is 0. The lowest BCUT2D eigenvalue weighted by molar-refractivity contribution is -0.139. The van der Waals surface area contributed by atoms with Crippen LogP contribution in [0, 0.1) is 5.41 Å². The molecule has 7 nitrogen and oxygen atoms in total. The Kier molecular flexibility index (Phi) is 7.79. The molecular formula is C16H29N3O4. The molecular weight excluding hydrogens is 298 g/mol. The van der Waals surface area contributed by atoms with E-state index in [4.69, 9.17) is 14.9 Å². The van der Waals surface area contributed by atoms with E-state index in [0.717, 1.165) is 6.21 Å². The molecule has 3 N–H and O–H groups in total. The summed E-state index contributed by atoms with van der Waals surface area (Å²) in [5.74, 6) is -0.529. The van der Waals surface area contributed by atoms with Crippen LogP contribution in [0.1, 0.15) is 48.5 Å². The molecule has 1 amide bonds. The van der Waals surface area contributed by atoms with E-state index in [2.05, 4.69) is 10.6 Å². The van der Waals surface area contributed by atoms with Crippen LogP contribution in [0.3, 0.4) is 0 Å². The maximum atomic E-state index is 12.0. The Labute approximate surface area is 138 Å². The van der Waals surface area contributed by atoms with Gasteiger partial charge in [-0.3, -0.25) is 0 Å². The first kappa shape index (κ1) is 20.9. The Morgan fingerprint density at radius 3 is 2.17 bits per heavy atom. The SMILES string of the molecule is CCOC(=O)/C(NC(C)(C)CNC(=O)OC(C)(C)C)=C(\C)C=N. The highest BCUT2D eigenvalue weighted by atomic mass is 16.6. The summed E-state index contributed by atoms with van der Waals surface area (Å²) in [6.07, 6.45) is 0.550. The average molecular weight is 327 g/mol. The number of carbonyl (C=O) groups excluding carboxylic acids is 2. The second kappa shape index (κ2) is 8.55. The molecule has 0 radical (unpaired) electrons. The van der Waals surface area contributed by atoms with Gasteiger partial charge in [0.15, 0.2) is 0 Å². The third kappa shape index (κ3) is 8.85. The van der Waals surface area contributed by atoms with Gasteiger partial charge in [-0.1, -0.05) is 0 Å². The lowest BCUT2D eigenvalue weighted by atomic mass is 10.0. The predicted molar refractivity (Wildman–Crippen MR) is 89.6 cm³/mol. The molecule has 0 aromatic carbocycles. The topological polar surface area (TPSA) is 101 Å². The van der Waals surface area contributed by atoms with Crippen LogP contribution in [-0.2, 0) is 14.3 Å². The Balaban J connectivity index is 4.89. The molecule has 132 valence electrons. The van der Waals surface area contributed by atoms with Crippen molar-refractivity contribution >= 4 is 18.3 Å². The van der Waals surface area contributed by atoms with Crippen molar-refractivity contribution in [1.29, 1.82) is 5.41 Å². The van der Waals surface area contributed by atoms with Crippen LogP contribution < -0.4 is 10.6 Å². The Hall–Kier alpha value is -2.05. The van der Waals surface area contributed by atoms with Crippen LogP contribution in [-0.4, -0.2) is 42.6 Å². The predicted octanol–water partition coefficient (Wildman–Crippen LogP) is 2.37. The lowest BCUT2D eigenvalue weighted by Crippen LogP contribution is -2.50. The van der Waals surface area contributed by atoms with E-state index >= 15 is 0 Å². The molecule has 0 saturated carbocycles. The van der Waals surface area contributed by atoms with E-state index in [9.17, 15) is 9.59 Å². The fraction of sp³-hybridized carbons (Fsp3) is 0.688. The van der Waals surface area contributed by atoms with Crippen molar-refractivity contribution in [2.75, 3.05) is 13.2 Å². The van der Waals surface area contributed by atoms with Gasteiger partial charge in [0, 0.05) is 18.3 Å². The van der Waals surface area contributed by atoms with Crippen molar-refractivity contribution in [3.63, 3.8) is 0 Å². The highest BCUT2D eigenvalue weighted by Crippen LogP contribution is 2.11. The number of esters is 1. The van der Waals surface area contributed by atoms with Gasteiger partial charge in [0.1, 0.15) is 11.3 Å². The number of amides is 1. The summed E-state index contributed by atoms with van der Waals surface area (Å²) in [5, 5.41) is 13.0. The lowest BCUT2D eigenvalue weighted by Gasteiger charge is -2.29. The highest BCUT2D eigenvalue weighted by Gasteiger charge is 2.25. The first-order chi connectivity index (χ1) is 10.4. The normalized spacial score (nSPS) is 12.8. The van der Waals surface area contributed by atoms with Crippen LogP contribution in [0.5, 0.6) is 0 Å². The first-order valence-corrected chi connectivity index (χ1v) is 7.55. The number of hydrogen-bond donors (Lipinski definition) is 3. The minimum absolute atomic E-state index is 0.206. The summed E-state index contributed by atoms with van der Waals surface area (Å²) in [4.78, 5) is 23.7. The fourth-order valence-corrected chi connectivity index (χ4v) is 1.58. The maximum absolute atomic E-state index is 12.0. The second-order valence-electron chi connectivity index (χ2n) is 6.79. The van der Waals surface area contributed by atoms with Crippen molar-refractivity contribution in [2.45, 2.75) is 59.6 Å². The number of allylic oxidation sites excluding steroid dienone is 1. The number of rotatable bonds is 7. The van der Waals surface area contributed by atoms with E-state index in [1.165, 1.54) is 0 Å². The molecule has 0 heterocycles. The summed E-state index contributed by atoms with van der Waals surface area (Å²) < 4.78 is 10.2. The van der Waals surface area contributed by atoms with Crippen molar-refractivity contribution in [3.05, 3.63) is 11.3 Å². The third-order valence-electron chi connectivity index (χ3n) is 2.63. The molecule has 0 rings (SSSR count). The van der Waals surface area contributed by atoms with Crippen molar-refractivity contribution < 1.29 is 19.1 Å². The molecule has 0 bridgehead atoms. The molecule has 0 atom stereocenters. The van der Waals surface area contributed by atoms with Gasteiger partial charge in [0.25, 0.3) is 0 Å². The molecule has 0 aromatic rings. The van der Waals surface area contributed by atoms with E-state index in [-0.39, 0.29) is 18.8 Å². The zero-order valence-corrected chi connectivity index (χ0v) is 15.1. The van der Waals surface area contributed by atoms with Crippen molar-refractivity contribution in [2.24, 2.45) is 0 Å². The quantitative estimate of drug-likeness (QED) is 0.379. The van der Waals surface area contributed by atoms with Crippen LogP contribution in [0.4, 0.5) is 4.79 Å².